The second-order valence-corrected chi connectivity index (χ2v) is 4.89. The van der Waals surface area contributed by atoms with Crippen molar-refractivity contribution in [3.63, 3.8) is 0 Å². The molecule has 2 aliphatic rings. The van der Waals surface area contributed by atoms with E-state index >= 15 is 0 Å². The van der Waals surface area contributed by atoms with Gasteiger partial charge in [0.05, 0.1) is 0 Å². The second-order valence-electron chi connectivity index (χ2n) is 4.89. The molecular weight excluding hydrogens is 160 g/mol. The van der Waals surface area contributed by atoms with Gasteiger partial charge < -0.3 is 10.6 Å². The smallest absolute Gasteiger partial charge is 0.0180 e. The van der Waals surface area contributed by atoms with Crippen molar-refractivity contribution < 1.29 is 0 Å². The standard InChI is InChI=1S/C11H20N2/c1-9(2)13-5-3-11(4-6-13)7-10(12)8-11/h10H,1,3-8,12H2,2H3. The number of hydrogen-bond donors (Lipinski definition) is 1. The van der Waals surface area contributed by atoms with Gasteiger partial charge in [-0.25, -0.2) is 0 Å². The fourth-order valence-electron chi connectivity index (χ4n) is 2.82. The number of nitrogens with zero attached hydrogens (tertiary/aromatic N) is 1. The summed E-state index contributed by atoms with van der Waals surface area (Å²) in [6.07, 6.45) is 5.18. The summed E-state index contributed by atoms with van der Waals surface area (Å²) < 4.78 is 0. The van der Waals surface area contributed by atoms with Crippen LogP contribution in [0.1, 0.15) is 32.6 Å². The number of allylic oxidation sites excluding steroid dienone is 1. The van der Waals surface area contributed by atoms with Crippen LogP contribution in [0.3, 0.4) is 0 Å². The lowest BCUT2D eigenvalue weighted by atomic mass is 9.61. The van der Waals surface area contributed by atoms with E-state index in [0.717, 1.165) is 0 Å². The van der Waals surface area contributed by atoms with Crippen LogP contribution >= 0.6 is 0 Å². The van der Waals surface area contributed by atoms with Gasteiger partial charge >= 0.3 is 0 Å². The van der Waals surface area contributed by atoms with E-state index in [-0.39, 0.29) is 0 Å². The molecule has 2 fully saturated rings. The van der Waals surface area contributed by atoms with Crippen molar-refractivity contribution in [2.75, 3.05) is 13.1 Å². The average molecular weight is 180 g/mol. The number of rotatable bonds is 1. The summed E-state index contributed by atoms with van der Waals surface area (Å²) in [5.41, 5.74) is 7.70. The Morgan fingerprint density at radius 2 is 1.92 bits per heavy atom. The van der Waals surface area contributed by atoms with Crippen molar-refractivity contribution in [3.05, 3.63) is 12.3 Å². The Morgan fingerprint density at radius 1 is 1.38 bits per heavy atom. The molecule has 0 amide bonds. The quantitative estimate of drug-likeness (QED) is 0.666. The van der Waals surface area contributed by atoms with Crippen molar-refractivity contribution in [3.8, 4) is 0 Å². The molecule has 1 aliphatic heterocycles. The summed E-state index contributed by atoms with van der Waals surface area (Å²) >= 11 is 0. The minimum Gasteiger partial charge on any atom is -0.375 e. The van der Waals surface area contributed by atoms with Crippen molar-refractivity contribution in [1.29, 1.82) is 0 Å². The van der Waals surface area contributed by atoms with Crippen LogP contribution in [0, 0.1) is 5.41 Å². The molecule has 1 spiro atoms. The van der Waals surface area contributed by atoms with Crippen molar-refractivity contribution in [2.45, 2.75) is 38.6 Å². The summed E-state index contributed by atoms with van der Waals surface area (Å²) in [7, 11) is 0. The number of piperidine rings is 1. The Bertz CT molecular complexity index is 206. The van der Waals surface area contributed by atoms with Gasteiger partial charge in [0.25, 0.3) is 0 Å². The molecule has 0 bridgehead atoms. The predicted octanol–water partition coefficient (Wildman–Crippen LogP) is 1.72. The first kappa shape index (κ1) is 9.07. The lowest BCUT2D eigenvalue weighted by molar-refractivity contribution is 0.0290. The van der Waals surface area contributed by atoms with Crippen LogP contribution < -0.4 is 5.73 Å². The fourth-order valence-corrected chi connectivity index (χ4v) is 2.82. The van der Waals surface area contributed by atoms with Crippen LogP contribution in [0.5, 0.6) is 0 Å². The normalized spacial score (nSPS) is 27.4. The molecule has 0 unspecified atom stereocenters. The summed E-state index contributed by atoms with van der Waals surface area (Å²) in [5, 5.41) is 0. The first-order chi connectivity index (χ1) is 6.11. The van der Waals surface area contributed by atoms with Gasteiger partial charge in [-0.1, -0.05) is 6.58 Å². The van der Waals surface area contributed by atoms with Gasteiger partial charge in [0.2, 0.25) is 0 Å². The maximum Gasteiger partial charge on any atom is 0.0180 e. The molecular formula is C11H20N2. The van der Waals surface area contributed by atoms with Crippen molar-refractivity contribution >= 4 is 0 Å². The molecule has 1 saturated carbocycles. The fraction of sp³-hybridized carbons (Fsp3) is 0.818. The summed E-state index contributed by atoms with van der Waals surface area (Å²) in [5.74, 6) is 0. The lowest BCUT2D eigenvalue weighted by Gasteiger charge is -2.51. The van der Waals surface area contributed by atoms with Crippen LogP contribution in [-0.4, -0.2) is 24.0 Å². The van der Waals surface area contributed by atoms with Crippen LogP contribution in [0.2, 0.25) is 0 Å². The maximum absolute atomic E-state index is 5.85. The van der Waals surface area contributed by atoms with Crippen molar-refractivity contribution in [2.24, 2.45) is 11.1 Å². The highest BCUT2D eigenvalue weighted by atomic mass is 15.1. The number of hydrogen-bond acceptors (Lipinski definition) is 2. The molecule has 0 aromatic carbocycles. The summed E-state index contributed by atoms with van der Waals surface area (Å²) in [6.45, 7) is 8.48. The lowest BCUT2D eigenvalue weighted by Crippen LogP contribution is -2.51. The highest BCUT2D eigenvalue weighted by Crippen LogP contribution is 2.48. The third kappa shape index (κ3) is 1.60. The Labute approximate surface area is 80.8 Å². The molecule has 1 saturated heterocycles. The van der Waals surface area contributed by atoms with Gasteiger partial charge in [0, 0.05) is 24.8 Å². The topological polar surface area (TPSA) is 29.3 Å². The number of likely N-dealkylation sites (tertiary alicyclic amines) is 1. The first-order valence-corrected chi connectivity index (χ1v) is 5.27. The van der Waals surface area contributed by atoms with E-state index < -0.39 is 0 Å². The largest absolute Gasteiger partial charge is 0.375 e. The summed E-state index contributed by atoms with van der Waals surface area (Å²) in [4.78, 5) is 2.40. The highest BCUT2D eigenvalue weighted by molar-refractivity contribution is 5.02. The Morgan fingerprint density at radius 3 is 2.31 bits per heavy atom. The monoisotopic (exact) mass is 180 g/mol. The van der Waals surface area contributed by atoms with Gasteiger partial charge in [-0.3, -0.25) is 0 Å². The predicted molar refractivity (Wildman–Crippen MR) is 55.3 cm³/mol. The zero-order chi connectivity index (χ0) is 9.47. The minimum atomic E-state index is 0.497. The highest BCUT2D eigenvalue weighted by Gasteiger charge is 2.43. The Balaban J connectivity index is 1.86. The molecule has 0 aromatic rings. The third-order valence-electron chi connectivity index (χ3n) is 3.75. The van der Waals surface area contributed by atoms with Gasteiger partial charge in [-0.2, -0.15) is 0 Å². The second kappa shape index (κ2) is 3.02. The molecule has 13 heavy (non-hydrogen) atoms. The van der Waals surface area contributed by atoms with Crippen LogP contribution in [-0.2, 0) is 0 Å². The van der Waals surface area contributed by atoms with Crippen molar-refractivity contribution in [1.82, 2.24) is 4.90 Å². The van der Waals surface area contributed by atoms with Crippen LogP contribution in [0.15, 0.2) is 12.3 Å². The molecule has 1 aliphatic carbocycles. The van der Waals surface area contributed by atoms with Gasteiger partial charge in [-0.05, 0) is 38.0 Å². The van der Waals surface area contributed by atoms with E-state index in [1.807, 2.05) is 0 Å². The SMILES string of the molecule is C=C(C)N1CCC2(CC1)CC(N)C2. The van der Waals surface area contributed by atoms with E-state index in [1.54, 1.807) is 0 Å². The van der Waals surface area contributed by atoms with E-state index in [2.05, 4.69) is 18.4 Å². The van der Waals surface area contributed by atoms with Gasteiger partial charge in [0.15, 0.2) is 0 Å². The van der Waals surface area contributed by atoms with E-state index in [9.17, 15) is 0 Å². The first-order valence-electron chi connectivity index (χ1n) is 5.27. The molecule has 2 heteroatoms. The molecule has 0 atom stereocenters. The average Bonchev–Trinajstić information content (AvgIpc) is 2.03. The third-order valence-corrected chi connectivity index (χ3v) is 3.75. The van der Waals surface area contributed by atoms with Gasteiger partial charge in [-0.15, -0.1) is 0 Å². The maximum atomic E-state index is 5.85. The molecule has 74 valence electrons. The van der Waals surface area contributed by atoms with Crippen LogP contribution in [0.4, 0.5) is 0 Å². The number of nitrogens with two attached hydrogens (primary N) is 1. The van der Waals surface area contributed by atoms with E-state index in [1.165, 1.54) is 44.5 Å². The van der Waals surface area contributed by atoms with Crippen LogP contribution in [0.25, 0.3) is 0 Å². The minimum absolute atomic E-state index is 0.497. The van der Waals surface area contributed by atoms with E-state index in [4.69, 9.17) is 5.73 Å². The molecule has 0 radical (unpaired) electrons. The Kier molecular flexibility index (Phi) is 2.11. The van der Waals surface area contributed by atoms with E-state index in [0.29, 0.717) is 11.5 Å². The summed E-state index contributed by atoms with van der Waals surface area (Å²) in [6, 6.07) is 0.497. The molecule has 1 heterocycles. The van der Waals surface area contributed by atoms with Gasteiger partial charge in [0.1, 0.15) is 0 Å². The molecule has 2 rings (SSSR count). The zero-order valence-electron chi connectivity index (χ0n) is 8.55. The molecule has 2 N–H and O–H groups in total. The zero-order valence-corrected chi connectivity index (χ0v) is 8.55. The molecule has 2 nitrogen and oxygen atoms in total. The Hall–Kier alpha value is -0.500. The molecule has 0 aromatic heterocycles.